The van der Waals surface area contributed by atoms with E-state index in [1.807, 2.05) is 19.6 Å². The molecule has 3 rings (SSSR count). The van der Waals surface area contributed by atoms with Gasteiger partial charge in [0.15, 0.2) is 5.96 Å². The summed E-state index contributed by atoms with van der Waals surface area (Å²) in [5.74, 6) is 2.47. The van der Waals surface area contributed by atoms with Crippen LogP contribution in [-0.2, 0) is 0 Å². The van der Waals surface area contributed by atoms with Crippen LogP contribution in [0.4, 0.5) is 0 Å². The maximum atomic E-state index is 4.55. The molecule has 2 aliphatic heterocycles. The fourth-order valence-electron chi connectivity index (χ4n) is 4.03. The van der Waals surface area contributed by atoms with Crippen LogP contribution in [0.15, 0.2) is 23.7 Å². The quantitative estimate of drug-likeness (QED) is 0.673. The first-order valence-corrected chi connectivity index (χ1v) is 9.36. The van der Waals surface area contributed by atoms with Crippen molar-refractivity contribution in [3.8, 4) is 0 Å². The summed E-state index contributed by atoms with van der Waals surface area (Å²) in [4.78, 5) is 13.7. The van der Waals surface area contributed by atoms with Gasteiger partial charge >= 0.3 is 0 Å². The zero-order valence-electron chi connectivity index (χ0n) is 15.4. The van der Waals surface area contributed by atoms with Crippen LogP contribution in [0.25, 0.3) is 0 Å². The third kappa shape index (κ3) is 3.91. The molecule has 3 heterocycles. The Labute approximate surface area is 145 Å². The van der Waals surface area contributed by atoms with Crippen molar-refractivity contribution in [1.29, 1.82) is 0 Å². The average Bonchev–Trinajstić information content (AvgIpc) is 3.28. The highest BCUT2D eigenvalue weighted by molar-refractivity contribution is 5.80. The second-order valence-corrected chi connectivity index (χ2v) is 7.27. The fourth-order valence-corrected chi connectivity index (χ4v) is 4.03. The van der Waals surface area contributed by atoms with Gasteiger partial charge in [-0.15, -0.1) is 0 Å². The first-order valence-electron chi connectivity index (χ1n) is 9.36. The molecule has 2 saturated heterocycles. The number of piperidine rings is 1. The summed E-state index contributed by atoms with van der Waals surface area (Å²) in [6.45, 7) is 11.3. The lowest BCUT2D eigenvalue weighted by Crippen LogP contribution is -2.49. The Hall–Kier alpha value is -1.56. The molecule has 3 unspecified atom stereocenters. The van der Waals surface area contributed by atoms with Gasteiger partial charge in [0, 0.05) is 45.6 Å². The van der Waals surface area contributed by atoms with Crippen LogP contribution in [-0.4, -0.2) is 71.6 Å². The normalized spacial score (nSPS) is 29.2. The molecule has 134 valence electrons. The lowest BCUT2D eigenvalue weighted by Gasteiger charge is -2.39. The molecule has 0 bridgehead atoms. The lowest BCUT2D eigenvalue weighted by atomic mass is 9.93. The van der Waals surface area contributed by atoms with Crippen molar-refractivity contribution in [2.75, 3.05) is 46.3 Å². The molecular formula is C18H32N6. The molecular weight excluding hydrogens is 300 g/mol. The first kappa shape index (κ1) is 17.3. The van der Waals surface area contributed by atoms with Gasteiger partial charge < -0.3 is 19.7 Å². The van der Waals surface area contributed by atoms with E-state index in [0.29, 0.717) is 12.0 Å². The van der Waals surface area contributed by atoms with Crippen molar-refractivity contribution in [2.24, 2.45) is 16.8 Å². The minimum absolute atomic E-state index is 0.474. The summed E-state index contributed by atoms with van der Waals surface area (Å²) < 4.78 is 2.25. The number of aliphatic imine (C=N–C) groups is 1. The molecule has 2 aliphatic rings. The SMILES string of the molecule is CCN1CCC(CNC(=NC)N2CCC(C)C(n3ccnc3)C2)C1. The van der Waals surface area contributed by atoms with Gasteiger partial charge in [-0.3, -0.25) is 4.99 Å². The number of hydrogen-bond acceptors (Lipinski definition) is 3. The summed E-state index contributed by atoms with van der Waals surface area (Å²) >= 11 is 0. The van der Waals surface area contributed by atoms with Crippen molar-refractivity contribution in [1.82, 2.24) is 24.7 Å². The molecule has 6 nitrogen and oxygen atoms in total. The standard InChI is InChI=1S/C18H32N6/c1-4-22-8-6-16(12-22)11-21-18(19-3)23-9-5-15(2)17(13-23)24-10-7-20-14-24/h7,10,14-17H,4-6,8-9,11-13H2,1-3H3,(H,19,21). The first-order chi connectivity index (χ1) is 11.7. The van der Waals surface area contributed by atoms with Crippen LogP contribution >= 0.6 is 0 Å². The number of hydrogen-bond donors (Lipinski definition) is 1. The summed E-state index contributed by atoms with van der Waals surface area (Å²) in [7, 11) is 1.90. The van der Waals surface area contributed by atoms with Gasteiger partial charge in [-0.1, -0.05) is 13.8 Å². The van der Waals surface area contributed by atoms with Gasteiger partial charge in [-0.05, 0) is 37.8 Å². The molecule has 1 aromatic heterocycles. The molecule has 0 amide bonds. The van der Waals surface area contributed by atoms with E-state index in [-0.39, 0.29) is 0 Å². The van der Waals surface area contributed by atoms with Crippen molar-refractivity contribution < 1.29 is 0 Å². The second kappa shape index (κ2) is 8.01. The fraction of sp³-hybridized carbons (Fsp3) is 0.778. The van der Waals surface area contributed by atoms with Crippen molar-refractivity contribution >= 4 is 5.96 Å². The molecule has 0 aromatic carbocycles. The van der Waals surface area contributed by atoms with Crippen LogP contribution in [0.5, 0.6) is 0 Å². The van der Waals surface area contributed by atoms with Gasteiger partial charge in [0.2, 0.25) is 0 Å². The Bertz CT molecular complexity index is 526. The molecule has 2 fully saturated rings. The van der Waals surface area contributed by atoms with Crippen LogP contribution in [0.1, 0.15) is 32.7 Å². The Kier molecular flexibility index (Phi) is 5.76. The number of likely N-dealkylation sites (tertiary alicyclic amines) is 2. The summed E-state index contributed by atoms with van der Waals surface area (Å²) in [6, 6.07) is 0.474. The lowest BCUT2D eigenvalue weighted by molar-refractivity contribution is 0.188. The van der Waals surface area contributed by atoms with Gasteiger partial charge in [0.1, 0.15) is 0 Å². The minimum atomic E-state index is 0.474. The maximum Gasteiger partial charge on any atom is 0.193 e. The topological polar surface area (TPSA) is 48.7 Å². The Morgan fingerprint density at radius 3 is 2.83 bits per heavy atom. The van der Waals surface area contributed by atoms with Crippen LogP contribution in [0.3, 0.4) is 0 Å². The highest BCUT2D eigenvalue weighted by atomic mass is 15.3. The zero-order chi connectivity index (χ0) is 16.9. The Morgan fingerprint density at radius 2 is 2.17 bits per heavy atom. The largest absolute Gasteiger partial charge is 0.356 e. The van der Waals surface area contributed by atoms with E-state index in [0.717, 1.165) is 31.5 Å². The monoisotopic (exact) mass is 332 g/mol. The van der Waals surface area contributed by atoms with Crippen molar-refractivity contribution in [3.05, 3.63) is 18.7 Å². The van der Waals surface area contributed by atoms with E-state index in [1.54, 1.807) is 0 Å². The number of nitrogens with one attached hydrogen (secondary N) is 1. The smallest absolute Gasteiger partial charge is 0.193 e. The molecule has 24 heavy (non-hydrogen) atoms. The molecule has 1 N–H and O–H groups in total. The maximum absolute atomic E-state index is 4.55. The van der Waals surface area contributed by atoms with E-state index >= 15 is 0 Å². The zero-order valence-corrected chi connectivity index (χ0v) is 15.4. The highest BCUT2D eigenvalue weighted by Crippen LogP contribution is 2.27. The molecule has 0 spiro atoms. The van der Waals surface area contributed by atoms with Crippen LogP contribution in [0.2, 0.25) is 0 Å². The van der Waals surface area contributed by atoms with E-state index < -0.39 is 0 Å². The molecule has 1 aromatic rings. The molecule has 0 saturated carbocycles. The van der Waals surface area contributed by atoms with E-state index in [1.165, 1.54) is 32.5 Å². The van der Waals surface area contributed by atoms with Gasteiger partial charge in [0.25, 0.3) is 0 Å². The average molecular weight is 332 g/mol. The molecule has 3 atom stereocenters. The number of rotatable bonds is 4. The molecule has 6 heteroatoms. The minimum Gasteiger partial charge on any atom is -0.356 e. The van der Waals surface area contributed by atoms with Crippen molar-refractivity contribution in [3.63, 3.8) is 0 Å². The molecule has 0 radical (unpaired) electrons. The second-order valence-electron chi connectivity index (χ2n) is 7.27. The molecule has 0 aliphatic carbocycles. The number of guanidine groups is 1. The third-order valence-electron chi connectivity index (χ3n) is 5.70. The van der Waals surface area contributed by atoms with Gasteiger partial charge in [-0.2, -0.15) is 0 Å². The van der Waals surface area contributed by atoms with Crippen LogP contribution < -0.4 is 5.32 Å². The van der Waals surface area contributed by atoms with E-state index in [2.05, 4.69) is 49.7 Å². The number of nitrogens with zero attached hydrogens (tertiary/aromatic N) is 5. The summed E-state index contributed by atoms with van der Waals surface area (Å²) in [5.41, 5.74) is 0. The Morgan fingerprint density at radius 1 is 1.29 bits per heavy atom. The van der Waals surface area contributed by atoms with E-state index in [9.17, 15) is 0 Å². The predicted molar refractivity (Wildman–Crippen MR) is 98.2 cm³/mol. The highest BCUT2D eigenvalue weighted by Gasteiger charge is 2.29. The Balaban J connectivity index is 1.55. The number of aromatic nitrogens is 2. The van der Waals surface area contributed by atoms with E-state index in [4.69, 9.17) is 0 Å². The van der Waals surface area contributed by atoms with Crippen LogP contribution in [0, 0.1) is 11.8 Å². The van der Waals surface area contributed by atoms with Gasteiger partial charge in [-0.25, -0.2) is 4.98 Å². The van der Waals surface area contributed by atoms with Crippen molar-refractivity contribution in [2.45, 2.75) is 32.7 Å². The number of imidazole rings is 1. The summed E-state index contributed by atoms with van der Waals surface area (Å²) in [5, 5.41) is 3.63. The predicted octanol–water partition coefficient (Wildman–Crippen LogP) is 1.68. The summed E-state index contributed by atoms with van der Waals surface area (Å²) in [6.07, 6.45) is 8.39. The van der Waals surface area contributed by atoms with Gasteiger partial charge in [0.05, 0.1) is 12.4 Å². The third-order valence-corrected chi connectivity index (χ3v) is 5.70.